The molecule has 2 N–H and O–H groups in total. The Hall–Kier alpha value is -1.70. The maximum absolute atomic E-state index is 12.4. The average molecular weight is 392 g/mol. The van der Waals surface area contributed by atoms with Crippen molar-refractivity contribution in [2.24, 2.45) is 0 Å². The van der Waals surface area contributed by atoms with Gasteiger partial charge in [-0.2, -0.15) is 5.10 Å². The first kappa shape index (κ1) is 17.1. The Morgan fingerprint density at radius 2 is 2.17 bits per heavy atom. The molecule has 0 bridgehead atoms. The van der Waals surface area contributed by atoms with Crippen LogP contribution in [0.2, 0.25) is 0 Å². The van der Waals surface area contributed by atoms with Crippen LogP contribution in [0.15, 0.2) is 34.9 Å². The standard InChI is InChI=1S/C17H22BrN5O/c1-13-16(12-21-23(13)15-4-2-3-14(18)11-15)17(24)20-7-10-22-8-5-19-6-9-22/h2-4,11-12,19H,5-10H2,1H3,(H,20,24). The summed E-state index contributed by atoms with van der Waals surface area (Å²) in [5.74, 6) is -0.0659. The minimum Gasteiger partial charge on any atom is -0.351 e. The Labute approximate surface area is 150 Å². The summed E-state index contributed by atoms with van der Waals surface area (Å²) in [6, 6.07) is 7.86. The number of aromatic nitrogens is 2. The lowest BCUT2D eigenvalue weighted by Crippen LogP contribution is -2.46. The van der Waals surface area contributed by atoms with E-state index in [1.165, 1.54) is 0 Å². The van der Waals surface area contributed by atoms with Gasteiger partial charge in [-0.3, -0.25) is 9.69 Å². The van der Waals surface area contributed by atoms with Crippen molar-refractivity contribution in [1.82, 2.24) is 25.3 Å². The lowest BCUT2D eigenvalue weighted by atomic mass is 10.2. The van der Waals surface area contributed by atoms with Gasteiger partial charge in [0.2, 0.25) is 0 Å². The van der Waals surface area contributed by atoms with Gasteiger partial charge in [0.1, 0.15) is 0 Å². The quantitative estimate of drug-likeness (QED) is 0.811. The summed E-state index contributed by atoms with van der Waals surface area (Å²) in [5.41, 5.74) is 2.39. The molecule has 1 amide bonds. The van der Waals surface area contributed by atoms with E-state index in [1.807, 2.05) is 31.2 Å². The zero-order chi connectivity index (χ0) is 16.9. The Kier molecular flexibility index (Phi) is 5.65. The van der Waals surface area contributed by atoms with Crippen molar-refractivity contribution in [3.05, 3.63) is 46.2 Å². The molecular formula is C17H22BrN5O. The summed E-state index contributed by atoms with van der Waals surface area (Å²) in [6.45, 7) is 7.57. The second kappa shape index (κ2) is 7.92. The van der Waals surface area contributed by atoms with E-state index >= 15 is 0 Å². The Morgan fingerprint density at radius 1 is 1.38 bits per heavy atom. The number of halogens is 1. The van der Waals surface area contributed by atoms with Crippen LogP contribution in [0.4, 0.5) is 0 Å². The van der Waals surface area contributed by atoms with E-state index in [1.54, 1.807) is 10.9 Å². The number of hydrogen-bond donors (Lipinski definition) is 2. The summed E-state index contributed by atoms with van der Waals surface area (Å²) < 4.78 is 2.77. The van der Waals surface area contributed by atoms with Crippen LogP contribution in [-0.2, 0) is 0 Å². The van der Waals surface area contributed by atoms with Gasteiger partial charge in [0, 0.05) is 43.7 Å². The number of amides is 1. The van der Waals surface area contributed by atoms with Crippen molar-refractivity contribution in [3.8, 4) is 5.69 Å². The number of carbonyl (C=O) groups excluding carboxylic acids is 1. The van der Waals surface area contributed by atoms with E-state index in [-0.39, 0.29) is 5.91 Å². The Bertz CT molecular complexity index is 709. The van der Waals surface area contributed by atoms with Crippen LogP contribution in [0, 0.1) is 6.92 Å². The Balaban J connectivity index is 1.61. The normalized spacial score (nSPS) is 15.4. The zero-order valence-corrected chi connectivity index (χ0v) is 15.3. The van der Waals surface area contributed by atoms with Crippen LogP contribution in [0.1, 0.15) is 16.1 Å². The van der Waals surface area contributed by atoms with Crippen LogP contribution in [0.5, 0.6) is 0 Å². The highest BCUT2D eigenvalue weighted by molar-refractivity contribution is 9.10. The van der Waals surface area contributed by atoms with Gasteiger partial charge < -0.3 is 10.6 Å². The van der Waals surface area contributed by atoms with Crippen molar-refractivity contribution in [2.45, 2.75) is 6.92 Å². The highest BCUT2D eigenvalue weighted by Crippen LogP contribution is 2.18. The van der Waals surface area contributed by atoms with Crippen LogP contribution < -0.4 is 10.6 Å². The van der Waals surface area contributed by atoms with E-state index in [4.69, 9.17) is 0 Å². The van der Waals surface area contributed by atoms with E-state index in [0.29, 0.717) is 12.1 Å². The van der Waals surface area contributed by atoms with Crippen LogP contribution in [0.3, 0.4) is 0 Å². The predicted octanol–water partition coefficient (Wildman–Crippen LogP) is 1.58. The predicted molar refractivity (Wildman–Crippen MR) is 97.6 cm³/mol. The van der Waals surface area contributed by atoms with Gasteiger partial charge in [-0.05, 0) is 25.1 Å². The zero-order valence-electron chi connectivity index (χ0n) is 13.8. The van der Waals surface area contributed by atoms with Crippen LogP contribution in [0.25, 0.3) is 5.69 Å². The lowest BCUT2D eigenvalue weighted by Gasteiger charge is -2.27. The minimum absolute atomic E-state index is 0.0659. The minimum atomic E-state index is -0.0659. The molecule has 0 atom stereocenters. The van der Waals surface area contributed by atoms with Crippen LogP contribution >= 0.6 is 15.9 Å². The number of rotatable bonds is 5. The molecule has 0 aliphatic carbocycles. The molecule has 0 spiro atoms. The number of nitrogens with zero attached hydrogens (tertiary/aromatic N) is 3. The first-order valence-corrected chi connectivity index (χ1v) is 8.96. The molecule has 2 aromatic rings. The Morgan fingerprint density at radius 3 is 2.92 bits per heavy atom. The van der Waals surface area contributed by atoms with Crippen molar-refractivity contribution in [1.29, 1.82) is 0 Å². The van der Waals surface area contributed by atoms with Gasteiger partial charge >= 0.3 is 0 Å². The maximum atomic E-state index is 12.4. The molecule has 128 valence electrons. The number of hydrogen-bond acceptors (Lipinski definition) is 4. The lowest BCUT2D eigenvalue weighted by molar-refractivity contribution is 0.0946. The fraction of sp³-hybridized carbons (Fsp3) is 0.412. The molecule has 0 unspecified atom stereocenters. The molecule has 1 fully saturated rings. The van der Waals surface area contributed by atoms with Gasteiger partial charge in [-0.25, -0.2) is 4.68 Å². The highest BCUT2D eigenvalue weighted by Gasteiger charge is 2.16. The third kappa shape index (κ3) is 4.03. The number of piperazine rings is 1. The number of carbonyl (C=O) groups is 1. The molecule has 0 radical (unpaired) electrons. The molecule has 1 aliphatic heterocycles. The van der Waals surface area contributed by atoms with Crippen molar-refractivity contribution < 1.29 is 4.79 Å². The third-order valence-electron chi connectivity index (χ3n) is 4.23. The summed E-state index contributed by atoms with van der Waals surface area (Å²) >= 11 is 3.46. The maximum Gasteiger partial charge on any atom is 0.254 e. The third-order valence-corrected chi connectivity index (χ3v) is 4.72. The number of nitrogens with one attached hydrogen (secondary N) is 2. The summed E-state index contributed by atoms with van der Waals surface area (Å²) in [6.07, 6.45) is 1.64. The molecule has 2 heterocycles. The molecule has 1 saturated heterocycles. The molecule has 0 saturated carbocycles. The second-order valence-corrected chi connectivity index (χ2v) is 6.80. The van der Waals surface area contributed by atoms with Gasteiger partial charge in [-0.15, -0.1) is 0 Å². The monoisotopic (exact) mass is 391 g/mol. The molecule has 3 rings (SSSR count). The van der Waals surface area contributed by atoms with Crippen molar-refractivity contribution in [2.75, 3.05) is 39.3 Å². The molecule has 24 heavy (non-hydrogen) atoms. The molecular weight excluding hydrogens is 370 g/mol. The van der Waals surface area contributed by atoms with E-state index in [2.05, 4.69) is 36.6 Å². The van der Waals surface area contributed by atoms with E-state index in [0.717, 1.165) is 48.6 Å². The van der Waals surface area contributed by atoms with Crippen molar-refractivity contribution in [3.63, 3.8) is 0 Å². The summed E-state index contributed by atoms with van der Waals surface area (Å²) in [5, 5.41) is 10.7. The molecule has 7 heteroatoms. The van der Waals surface area contributed by atoms with Crippen LogP contribution in [-0.4, -0.2) is 59.9 Å². The topological polar surface area (TPSA) is 62.2 Å². The molecule has 1 aromatic heterocycles. The molecule has 6 nitrogen and oxygen atoms in total. The summed E-state index contributed by atoms with van der Waals surface area (Å²) in [7, 11) is 0. The fourth-order valence-corrected chi connectivity index (χ4v) is 3.25. The summed E-state index contributed by atoms with van der Waals surface area (Å²) in [4.78, 5) is 14.8. The van der Waals surface area contributed by atoms with Gasteiger partial charge in [0.05, 0.1) is 23.1 Å². The van der Waals surface area contributed by atoms with Crippen molar-refractivity contribution >= 4 is 21.8 Å². The first-order chi connectivity index (χ1) is 11.6. The van der Waals surface area contributed by atoms with Gasteiger partial charge in [-0.1, -0.05) is 22.0 Å². The highest BCUT2D eigenvalue weighted by atomic mass is 79.9. The van der Waals surface area contributed by atoms with E-state index < -0.39 is 0 Å². The SMILES string of the molecule is Cc1c(C(=O)NCCN2CCNCC2)cnn1-c1cccc(Br)c1. The fourth-order valence-electron chi connectivity index (χ4n) is 2.86. The van der Waals surface area contributed by atoms with Gasteiger partial charge in [0.15, 0.2) is 0 Å². The number of benzene rings is 1. The largest absolute Gasteiger partial charge is 0.351 e. The molecule has 1 aromatic carbocycles. The van der Waals surface area contributed by atoms with Gasteiger partial charge in [0.25, 0.3) is 5.91 Å². The van der Waals surface area contributed by atoms with E-state index in [9.17, 15) is 4.79 Å². The first-order valence-electron chi connectivity index (χ1n) is 8.17. The average Bonchev–Trinajstić information content (AvgIpc) is 2.97. The second-order valence-electron chi connectivity index (χ2n) is 5.88. The molecule has 1 aliphatic rings. The smallest absolute Gasteiger partial charge is 0.254 e.